The summed E-state index contributed by atoms with van der Waals surface area (Å²) in [5.74, 6) is -1.49. The second kappa shape index (κ2) is 21.7. The van der Waals surface area contributed by atoms with Crippen molar-refractivity contribution in [3.05, 3.63) is 57.7 Å². The normalized spacial score (nSPS) is 22.9. The molecule has 0 saturated heterocycles. The van der Waals surface area contributed by atoms with Gasteiger partial charge in [0.25, 0.3) is 11.1 Å². The van der Waals surface area contributed by atoms with Gasteiger partial charge in [-0.1, -0.05) is 116 Å². The Morgan fingerprint density at radius 3 is 1.44 bits per heavy atom. The molecule has 6 unspecified atom stereocenters. The van der Waals surface area contributed by atoms with Crippen LogP contribution in [0.2, 0.25) is 0 Å². The van der Waals surface area contributed by atoms with Gasteiger partial charge in [-0.25, -0.2) is 14.5 Å². The molecule has 61 heavy (non-hydrogen) atoms. The Balaban J connectivity index is 1.02. The van der Waals surface area contributed by atoms with E-state index in [-0.39, 0.29) is 66.9 Å². The minimum absolute atomic E-state index is 0.0701. The molecular formula is C42H65N10O8P. The quantitative estimate of drug-likeness (QED) is 0.0216. The van der Waals surface area contributed by atoms with Gasteiger partial charge in [-0.2, -0.15) is 9.97 Å². The molecule has 8 N–H and O–H groups in total. The fourth-order valence-corrected chi connectivity index (χ4v) is 9.98. The summed E-state index contributed by atoms with van der Waals surface area (Å²) in [7, 11) is -4.28. The Labute approximate surface area is 356 Å². The lowest BCUT2D eigenvalue weighted by atomic mass is 10.0. The van der Waals surface area contributed by atoms with Crippen molar-refractivity contribution in [2.75, 3.05) is 31.3 Å². The molecule has 6 atom stereocenters. The van der Waals surface area contributed by atoms with E-state index in [1.807, 2.05) is 0 Å². The lowest BCUT2D eigenvalue weighted by molar-refractivity contribution is 0.0536. The number of fused-ring (bicyclic) bond motifs is 2. The van der Waals surface area contributed by atoms with Crippen LogP contribution < -0.4 is 22.6 Å². The molecule has 0 aliphatic heterocycles. The minimum Gasteiger partial charge on any atom is -0.392 e. The first-order chi connectivity index (χ1) is 29.4. The average Bonchev–Trinajstić information content (AvgIpc) is 3.97. The van der Waals surface area contributed by atoms with Crippen molar-refractivity contribution < 1.29 is 28.3 Å². The standard InChI is InChI=1S/C42H65N10O8P/c1-4-5-6-7-8-9-10-11-12-13-14-15-16-17-18-19-20-58-61(57,59-23-29-27(2)31(21-33(29)53)51-25-45-35-37(51)47-41(43)49-39(35)55)60-24-30-28(3)32(22-34(30)54)52-26-46-36-38(52)48-42(44)50-40(36)56/h25-26,29-34,53-54H,2-24H2,1H3,(H3,43,47,49,55)(H3,44,48,50,56). The first-order valence-corrected chi connectivity index (χ1v) is 23.6. The molecule has 0 spiro atoms. The molecule has 0 aromatic carbocycles. The Hall–Kier alpha value is -4.19. The molecule has 0 bridgehead atoms. The lowest BCUT2D eigenvalue weighted by Gasteiger charge is -2.24. The third-order valence-corrected chi connectivity index (χ3v) is 13.7. The van der Waals surface area contributed by atoms with E-state index in [9.17, 15) is 24.4 Å². The molecule has 4 aromatic rings. The highest BCUT2D eigenvalue weighted by Crippen LogP contribution is 2.53. The molecule has 18 nitrogen and oxygen atoms in total. The second-order valence-electron chi connectivity index (χ2n) is 16.7. The fraction of sp³-hybridized carbons (Fsp3) is 0.667. The number of hydrogen-bond acceptors (Lipinski definition) is 14. The largest absolute Gasteiger partial charge is 0.474 e. The van der Waals surface area contributed by atoms with Gasteiger partial charge in [0, 0.05) is 11.8 Å². The van der Waals surface area contributed by atoms with Gasteiger partial charge in [0.1, 0.15) is 0 Å². The summed E-state index contributed by atoms with van der Waals surface area (Å²) in [5, 5.41) is 22.4. The van der Waals surface area contributed by atoms with E-state index < -0.39 is 55.1 Å². The zero-order chi connectivity index (χ0) is 43.5. The van der Waals surface area contributed by atoms with Crippen molar-refractivity contribution >= 4 is 42.0 Å². The van der Waals surface area contributed by atoms with Gasteiger partial charge in [0.05, 0.1) is 56.8 Å². The number of aromatic nitrogens is 8. The molecule has 2 fully saturated rings. The first-order valence-electron chi connectivity index (χ1n) is 22.1. The number of aromatic amines is 2. The van der Waals surface area contributed by atoms with Crippen LogP contribution in [0.15, 0.2) is 46.5 Å². The number of rotatable bonds is 26. The van der Waals surface area contributed by atoms with Crippen molar-refractivity contribution in [3.63, 3.8) is 0 Å². The van der Waals surface area contributed by atoms with Crippen LogP contribution in [-0.4, -0.2) is 81.3 Å². The molecule has 19 heteroatoms. The maximum atomic E-state index is 14.4. The Bertz CT molecular complexity index is 2120. The molecule has 4 heterocycles. The van der Waals surface area contributed by atoms with E-state index in [0.717, 1.165) is 19.3 Å². The number of hydrogen-bond donors (Lipinski definition) is 6. The molecule has 4 aromatic heterocycles. The van der Waals surface area contributed by atoms with Gasteiger partial charge in [-0.3, -0.25) is 33.1 Å². The summed E-state index contributed by atoms with van der Waals surface area (Å²) in [4.78, 5) is 46.6. The number of nitrogen functional groups attached to an aromatic ring is 2. The zero-order valence-corrected chi connectivity index (χ0v) is 36.4. The minimum atomic E-state index is -4.28. The number of nitrogens with one attached hydrogen (secondary N) is 2. The van der Waals surface area contributed by atoms with Gasteiger partial charge in [0.2, 0.25) is 11.9 Å². The van der Waals surface area contributed by atoms with Gasteiger partial charge in [-0.15, -0.1) is 0 Å². The van der Waals surface area contributed by atoms with Crippen LogP contribution in [-0.2, 0) is 18.1 Å². The molecule has 6 rings (SSSR count). The van der Waals surface area contributed by atoms with Gasteiger partial charge < -0.3 is 30.8 Å². The highest BCUT2D eigenvalue weighted by atomic mass is 31.2. The maximum absolute atomic E-state index is 14.4. The molecule has 0 amide bonds. The number of imidazole rings is 2. The average molecular weight is 869 g/mol. The van der Waals surface area contributed by atoms with Crippen LogP contribution in [0.3, 0.4) is 0 Å². The van der Waals surface area contributed by atoms with E-state index in [4.69, 9.17) is 25.0 Å². The van der Waals surface area contributed by atoms with Crippen molar-refractivity contribution in [2.24, 2.45) is 11.8 Å². The third kappa shape index (κ3) is 11.6. The predicted molar refractivity (Wildman–Crippen MR) is 235 cm³/mol. The number of anilines is 2. The molecule has 0 radical (unpaired) electrons. The second-order valence-corrected chi connectivity index (χ2v) is 18.4. The van der Waals surface area contributed by atoms with Crippen LogP contribution in [0.5, 0.6) is 0 Å². The zero-order valence-electron chi connectivity index (χ0n) is 35.5. The van der Waals surface area contributed by atoms with Crippen molar-refractivity contribution in [1.82, 2.24) is 39.0 Å². The molecule has 2 saturated carbocycles. The van der Waals surface area contributed by atoms with Crippen LogP contribution in [0.4, 0.5) is 11.9 Å². The third-order valence-electron chi connectivity index (χ3n) is 12.3. The van der Waals surface area contributed by atoms with Crippen LogP contribution in [0.1, 0.15) is 135 Å². The van der Waals surface area contributed by atoms with Crippen molar-refractivity contribution in [1.29, 1.82) is 0 Å². The van der Waals surface area contributed by atoms with Crippen LogP contribution >= 0.6 is 7.82 Å². The van der Waals surface area contributed by atoms with Crippen molar-refractivity contribution in [2.45, 2.75) is 147 Å². The number of phosphoric acid groups is 1. The number of aliphatic hydroxyl groups is 2. The summed E-state index contributed by atoms with van der Waals surface area (Å²) < 4.78 is 35.5. The van der Waals surface area contributed by atoms with E-state index in [1.54, 1.807) is 9.13 Å². The summed E-state index contributed by atoms with van der Waals surface area (Å²) in [6.07, 6.45) is 20.9. The molecule has 2 aliphatic rings. The first kappa shape index (κ1) is 46.3. The van der Waals surface area contributed by atoms with E-state index >= 15 is 0 Å². The highest BCUT2D eigenvalue weighted by molar-refractivity contribution is 7.48. The smallest absolute Gasteiger partial charge is 0.392 e. The maximum Gasteiger partial charge on any atom is 0.474 e. The number of H-pyrrole nitrogens is 2. The Kier molecular flexibility index (Phi) is 16.5. The van der Waals surface area contributed by atoms with Gasteiger partial charge >= 0.3 is 7.82 Å². The van der Waals surface area contributed by atoms with E-state index in [1.165, 1.54) is 89.7 Å². The lowest BCUT2D eigenvalue weighted by Crippen LogP contribution is -2.22. The molecule has 336 valence electrons. The topological polar surface area (TPSA) is 264 Å². The number of aliphatic hydroxyl groups excluding tert-OH is 2. The summed E-state index contributed by atoms with van der Waals surface area (Å²) in [5.41, 5.74) is 12.5. The highest BCUT2D eigenvalue weighted by Gasteiger charge is 2.43. The van der Waals surface area contributed by atoms with Crippen LogP contribution in [0.25, 0.3) is 22.3 Å². The summed E-state index contributed by atoms with van der Waals surface area (Å²) >= 11 is 0. The molecular weight excluding hydrogens is 803 g/mol. The summed E-state index contributed by atoms with van der Waals surface area (Å²) in [6.45, 7) is 10.3. The molecule has 2 aliphatic carbocycles. The van der Waals surface area contributed by atoms with Gasteiger partial charge in [0.15, 0.2) is 22.3 Å². The van der Waals surface area contributed by atoms with E-state index in [2.05, 4.69) is 50.0 Å². The van der Waals surface area contributed by atoms with Gasteiger partial charge in [-0.05, 0) is 30.4 Å². The SMILES string of the molecule is C=C1C(COP(=O)(OCCCCCCCCCCCCCCCCCC)OCC2C(=C)C(n3cnc4c(=O)[nH]c(N)nc43)CC2O)C(O)CC1n1cnc2c(=O)[nH]c(N)nc21. The number of unbranched alkanes of at least 4 members (excludes halogenated alkanes) is 15. The fourth-order valence-electron chi connectivity index (χ4n) is 8.72. The van der Waals surface area contributed by atoms with E-state index in [0.29, 0.717) is 17.6 Å². The van der Waals surface area contributed by atoms with Crippen molar-refractivity contribution in [3.8, 4) is 0 Å². The van der Waals surface area contributed by atoms with Crippen LogP contribution in [0, 0.1) is 11.8 Å². The Morgan fingerprint density at radius 1 is 0.672 bits per heavy atom. The monoisotopic (exact) mass is 868 g/mol. The number of phosphoric ester groups is 1. The summed E-state index contributed by atoms with van der Waals surface area (Å²) in [6, 6.07) is -0.996. The number of nitrogens with zero attached hydrogens (tertiary/aromatic N) is 6. The predicted octanol–water partition coefficient (Wildman–Crippen LogP) is 6.79. The Morgan fingerprint density at radius 2 is 1.05 bits per heavy atom. The number of nitrogens with two attached hydrogens (primary N) is 2.